The van der Waals surface area contributed by atoms with Crippen LogP contribution in [-0.2, 0) is 6.42 Å². The quantitative estimate of drug-likeness (QED) is 0.588. The number of benzene rings is 1. The van der Waals surface area contributed by atoms with Gasteiger partial charge in [0.05, 0.1) is 0 Å². The molecule has 1 aromatic rings. The van der Waals surface area contributed by atoms with Gasteiger partial charge in [0.15, 0.2) is 0 Å². The molecule has 0 amide bonds. The summed E-state index contributed by atoms with van der Waals surface area (Å²) in [4.78, 5) is 1.42. The Balaban J connectivity index is 3.13. The molecule has 0 nitrogen and oxygen atoms in total. The normalized spacial score (nSPS) is 10.1. The van der Waals surface area contributed by atoms with Gasteiger partial charge in [0.2, 0.25) is 0 Å². The van der Waals surface area contributed by atoms with E-state index in [0.29, 0.717) is 0 Å². The lowest BCUT2D eigenvalue weighted by molar-refractivity contribution is 1.07. The maximum atomic E-state index is 2.40. The summed E-state index contributed by atoms with van der Waals surface area (Å²) in [6.07, 6.45) is 3.26. The number of hydrogen-bond donors (Lipinski definition) is 0. The molecule has 0 unspecified atom stereocenters. The highest BCUT2D eigenvalue weighted by Gasteiger charge is 2.01. The van der Waals surface area contributed by atoms with E-state index in [2.05, 4.69) is 54.0 Å². The van der Waals surface area contributed by atoms with Gasteiger partial charge in [0, 0.05) is 8.47 Å². The minimum absolute atomic E-state index is 1.13. The van der Waals surface area contributed by atoms with E-state index in [9.17, 15) is 0 Å². The smallest absolute Gasteiger partial charge is 0.0173 e. The fraction of sp³-hybridized carbons (Fsp3) is 0.333. The van der Waals surface area contributed by atoms with Gasteiger partial charge in [-0.3, -0.25) is 0 Å². The lowest BCUT2D eigenvalue weighted by Crippen LogP contribution is -1.88. The van der Waals surface area contributed by atoms with Crippen molar-refractivity contribution in [3.63, 3.8) is 0 Å². The van der Waals surface area contributed by atoms with Gasteiger partial charge in [0.1, 0.15) is 0 Å². The van der Waals surface area contributed by atoms with Crippen molar-refractivity contribution in [3.05, 3.63) is 27.3 Å². The molecule has 11 heavy (non-hydrogen) atoms. The van der Waals surface area contributed by atoms with Gasteiger partial charge >= 0.3 is 0 Å². The van der Waals surface area contributed by atoms with Crippen molar-refractivity contribution in [2.24, 2.45) is 0 Å². The molecule has 0 heterocycles. The van der Waals surface area contributed by atoms with Crippen LogP contribution in [0.2, 0.25) is 0 Å². The second-order valence-electron chi connectivity index (χ2n) is 2.27. The van der Waals surface area contributed by atoms with Crippen LogP contribution in [0.15, 0.2) is 23.1 Å². The number of halogens is 1. The summed E-state index contributed by atoms with van der Waals surface area (Å²) in [5.74, 6) is 0. The summed E-state index contributed by atoms with van der Waals surface area (Å²) in [6, 6.07) is 6.47. The van der Waals surface area contributed by atoms with Crippen molar-refractivity contribution in [1.29, 1.82) is 0 Å². The van der Waals surface area contributed by atoms with E-state index in [-0.39, 0.29) is 0 Å². The zero-order valence-electron chi connectivity index (χ0n) is 6.73. The summed E-state index contributed by atoms with van der Waals surface area (Å²) in [5, 5.41) is 0. The molecule has 0 saturated heterocycles. The van der Waals surface area contributed by atoms with E-state index >= 15 is 0 Å². The molecule has 1 rings (SSSR count). The Bertz CT molecular complexity index is 245. The molecule has 2 heteroatoms. The average molecular weight is 278 g/mol. The molecule has 0 N–H and O–H groups in total. The molecule has 0 fully saturated rings. The molecule has 0 aliphatic rings. The van der Waals surface area contributed by atoms with Crippen molar-refractivity contribution < 1.29 is 0 Å². The summed E-state index contributed by atoms with van der Waals surface area (Å²) in [5.41, 5.74) is 1.49. The average Bonchev–Trinajstić information content (AvgIpc) is 2.04. The summed E-state index contributed by atoms with van der Waals surface area (Å²) >= 11 is 4.23. The van der Waals surface area contributed by atoms with Crippen molar-refractivity contribution in [2.45, 2.75) is 18.2 Å². The van der Waals surface area contributed by atoms with E-state index in [1.54, 1.807) is 0 Å². The lowest BCUT2D eigenvalue weighted by Gasteiger charge is -2.05. The van der Waals surface area contributed by atoms with Gasteiger partial charge in [-0.05, 0) is 53.0 Å². The van der Waals surface area contributed by atoms with Crippen LogP contribution < -0.4 is 0 Å². The molecular formula is C9H11IS. The minimum Gasteiger partial charge on any atom is -0.129 e. The van der Waals surface area contributed by atoms with Crippen molar-refractivity contribution in [2.75, 3.05) is 6.26 Å². The Morgan fingerprint density at radius 3 is 2.64 bits per heavy atom. The number of rotatable bonds is 2. The third kappa shape index (κ3) is 2.12. The van der Waals surface area contributed by atoms with Gasteiger partial charge < -0.3 is 0 Å². The minimum atomic E-state index is 1.13. The van der Waals surface area contributed by atoms with Crippen LogP contribution in [0.1, 0.15) is 12.5 Å². The third-order valence-electron chi connectivity index (χ3n) is 1.65. The Labute approximate surface area is 85.9 Å². The first-order valence-corrected chi connectivity index (χ1v) is 5.91. The maximum absolute atomic E-state index is 2.40. The highest BCUT2D eigenvalue weighted by atomic mass is 127. The van der Waals surface area contributed by atoms with E-state index in [1.165, 1.54) is 14.0 Å². The second kappa shape index (κ2) is 4.36. The Hall–Kier alpha value is 0.300. The Morgan fingerprint density at radius 1 is 1.45 bits per heavy atom. The first-order chi connectivity index (χ1) is 5.29. The van der Waals surface area contributed by atoms with E-state index in [0.717, 1.165) is 6.42 Å². The van der Waals surface area contributed by atoms with Gasteiger partial charge in [-0.1, -0.05) is 13.0 Å². The molecular weight excluding hydrogens is 267 g/mol. The summed E-state index contributed by atoms with van der Waals surface area (Å²) in [7, 11) is 0. The molecule has 0 aliphatic carbocycles. The highest BCUT2D eigenvalue weighted by molar-refractivity contribution is 14.1. The molecule has 0 aromatic heterocycles. The van der Waals surface area contributed by atoms with Gasteiger partial charge in [-0.25, -0.2) is 0 Å². The molecule has 0 atom stereocenters. The van der Waals surface area contributed by atoms with Crippen LogP contribution >= 0.6 is 34.4 Å². The largest absolute Gasteiger partial charge is 0.129 e. The zero-order valence-corrected chi connectivity index (χ0v) is 9.70. The molecule has 1 aromatic carbocycles. The number of thioether (sulfide) groups is 1. The lowest BCUT2D eigenvalue weighted by atomic mass is 10.2. The monoisotopic (exact) mass is 278 g/mol. The predicted octanol–water partition coefficient (Wildman–Crippen LogP) is 3.58. The first kappa shape index (κ1) is 9.39. The third-order valence-corrected chi connectivity index (χ3v) is 3.48. The van der Waals surface area contributed by atoms with Crippen molar-refractivity contribution >= 4 is 34.4 Å². The topological polar surface area (TPSA) is 0 Å². The first-order valence-electron chi connectivity index (χ1n) is 3.61. The van der Waals surface area contributed by atoms with Crippen LogP contribution in [0.3, 0.4) is 0 Å². The molecule has 0 bridgehead atoms. The Kier molecular flexibility index (Phi) is 3.72. The second-order valence-corrected chi connectivity index (χ2v) is 4.28. The SMILES string of the molecule is CCc1c(I)cccc1SC. The van der Waals surface area contributed by atoms with E-state index in [4.69, 9.17) is 0 Å². The molecule has 0 spiro atoms. The van der Waals surface area contributed by atoms with Gasteiger partial charge in [-0.15, -0.1) is 11.8 Å². The van der Waals surface area contributed by atoms with Crippen molar-refractivity contribution in [3.8, 4) is 0 Å². The van der Waals surface area contributed by atoms with Gasteiger partial charge in [0.25, 0.3) is 0 Å². The standard InChI is InChI=1S/C9H11IS/c1-3-7-8(10)5-4-6-9(7)11-2/h4-6H,3H2,1-2H3. The summed E-state index contributed by atoms with van der Waals surface area (Å²) in [6.45, 7) is 2.21. The fourth-order valence-corrected chi connectivity index (χ4v) is 2.85. The van der Waals surface area contributed by atoms with Crippen LogP contribution in [0.5, 0.6) is 0 Å². The van der Waals surface area contributed by atoms with Crippen LogP contribution in [0.4, 0.5) is 0 Å². The van der Waals surface area contributed by atoms with E-state index < -0.39 is 0 Å². The van der Waals surface area contributed by atoms with E-state index in [1.807, 2.05) is 11.8 Å². The molecule has 0 saturated carbocycles. The maximum Gasteiger partial charge on any atom is 0.0173 e. The molecule has 0 radical (unpaired) electrons. The zero-order chi connectivity index (χ0) is 8.27. The summed E-state index contributed by atoms with van der Waals surface area (Å²) < 4.78 is 1.39. The van der Waals surface area contributed by atoms with Gasteiger partial charge in [-0.2, -0.15) is 0 Å². The predicted molar refractivity (Wildman–Crippen MR) is 60.3 cm³/mol. The van der Waals surface area contributed by atoms with Crippen LogP contribution in [-0.4, -0.2) is 6.26 Å². The highest BCUT2D eigenvalue weighted by Crippen LogP contribution is 2.24. The van der Waals surface area contributed by atoms with Crippen LogP contribution in [0, 0.1) is 3.57 Å². The number of hydrogen-bond acceptors (Lipinski definition) is 1. The molecule has 60 valence electrons. The van der Waals surface area contributed by atoms with Crippen molar-refractivity contribution in [1.82, 2.24) is 0 Å². The van der Waals surface area contributed by atoms with Crippen LogP contribution in [0.25, 0.3) is 0 Å². The fourth-order valence-electron chi connectivity index (χ4n) is 1.07. The molecule has 0 aliphatic heterocycles. The Morgan fingerprint density at radius 2 is 2.18 bits per heavy atom.